The van der Waals surface area contributed by atoms with Gasteiger partial charge in [-0.2, -0.15) is 13.2 Å². The topological polar surface area (TPSA) is 84.8 Å². The van der Waals surface area contributed by atoms with E-state index < -0.39 is 54.5 Å². The van der Waals surface area contributed by atoms with Crippen LogP contribution in [0.2, 0.25) is 5.02 Å². The number of ether oxygens (including phenoxy) is 1. The maximum atomic E-state index is 13.9. The average molecular weight is 631 g/mol. The van der Waals surface area contributed by atoms with Crippen molar-refractivity contribution in [3.63, 3.8) is 0 Å². The molecule has 3 aliphatic rings. The van der Waals surface area contributed by atoms with Gasteiger partial charge < -0.3 is 10.1 Å². The largest absolute Gasteiger partial charge is 0.460 e. The van der Waals surface area contributed by atoms with Gasteiger partial charge in [-0.1, -0.05) is 54.8 Å². The predicted octanol–water partition coefficient (Wildman–Crippen LogP) is 7.34. The van der Waals surface area contributed by atoms with E-state index in [2.05, 4.69) is 5.32 Å². The lowest BCUT2D eigenvalue weighted by atomic mass is 9.83. The maximum Gasteiger partial charge on any atom is 0.389 e. The molecule has 3 atom stereocenters. The van der Waals surface area contributed by atoms with E-state index >= 15 is 0 Å². The molecule has 2 aliphatic carbocycles. The molecule has 2 aromatic rings. The monoisotopic (exact) mass is 630 g/mol. The van der Waals surface area contributed by atoms with Crippen LogP contribution in [-0.2, 0) is 25.5 Å². The minimum atomic E-state index is -4.53. The summed E-state index contributed by atoms with van der Waals surface area (Å²) in [6.45, 7) is 5.03. The molecule has 44 heavy (non-hydrogen) atoms. The van der Waals surface area contributed by atoms with Gasteiger partial charge in [0.15, 0.2) is 11.9 Å². The van der Waals surface area contributed by atoms with Crippen LogP contribution in [0.25, 0.3) is 0 Å². The first-order valence-electron chi connectivity index (χ1n) is 15.3. The van der Waals surface area contributed by atoms with Crippen LogP contribution in [0.1, 0.15) is 93.9 Å². The summed E-state index contributed by atoms with van der Waals surface area (Å²) in [7, 11) is 0. The first-order chi connectivity index (χ1) is 20.7. The summed E-state index contributed by atoms with van der Waals surface area (Å²) < 4.78 is 46.0. The van der Waals surface area contributed by atoms with Crippen LogP contribution in [0.4, 0.5) is 13.2 Å². The van der Waals surface area contributed by atoms with Gasteiger partial charge in [-0.3, -0.25) is 19.4 Å². The van der Waals surface area contributed by atoms with E-state index in [4.69, 9.17) is 21.3 Å². The third-order valence-corrected chi connectivity index (χ3v) is 8.60. The van der Waals surface area contributed by atoms with Crippen molar-refractivity contribution < 1.29 is 32.3 Å². The number of hydrogen-bond acceptors (Lipinski definition) is 5. The van der Waals surface area contributed by atoms with Crippen LogP contribution in [0.15, 0.2) is 47.5 Å². The highest BCUT2D eigenvalue weighted by Gasteiger charge is 2.43. The molecule has 5 rings (SSSR count). The summed E-state index contributed by atoms with van der Waals surface area (Å²) >= 11 is 6.14. The first-order valence-corrected chi connectivity index (χ1v) is 15.6. The molecule has 1 amide bonds. The summed E-state index contributed by atoms with van der Waals surface area (Å²) in [5.41, 5.74) is 2.98. The number of aliphatic imine (C=N–C) groups is 1. The summed E-state index contributed by atoms with van der Waals surface area (Å²) in [5, 5.41) is 3.19. The van der Waals surface area contributed by atoms with Crippen molar-refractivity contribution in [2.45, 2.75) is 96.0 Å². The summed E-state index contributed by atoms with van der Waals surface area (Å²) in [6, 6.07) is 12.8. The Hall–Kier alpha value is -3.20. The van der Waals surface area contributed by atoms with E-state index in [0.29, 0.717) is 22.2 Å². The number of amides is 1. The van der Waals surface area contributed by atoms with Crippen molar-refractivity contribution in [2.75, 3.05) is 0 Å². The third-order valence-electron chi connectivity index (χ3n) is 8.35. The van der Waals surface area contributed by atoms with Crippen molar-refractivity contribution in [3.05, 3.63) is 69.7 Å². The molecular weight excluding hydrogens is 593 g/mol. The number of nitrogens with one attached hydrogen (secondary N) is 1. The van der Waals surface area contributed by atoms with E-state index in [1.807, 2.05) is 18.2 Å². The fraction of sp³-hybridized carbons (Fsp3) is 0.529. The van der Waals surface area contributed by atoms with Crippen LogP contribution < -0.4 is 5.32 Å². The Morgan fingerprint density at radius 3 is 2.30 bits per heavy atom. The highest BCUT2D eigenvalue weighted by Crippen LogP contribution is 2.44. The van der Waals surface area contributed by atoms with Crippen molar-refractivity contribution in [2.24, 2.45) is 22.7 Å². The second-order valence-corrected chi connectivity index (χ2v) is 13.7. The number of carbonyl (C=O) groups excluding carboxylic acids is 3. The smallest absolute Gasteiger partial charge is 0.389 e. The van der Waals surface area contributed by atoms with Crippen LogP contribution in [0.5, 0.6) is 0 Å². The van der Waals surface area contributed by atoms with Crippen molar-refractivity contribution in [3.8, 4) is 0 Å². The molecule has 1 N–H and O–H groups in total. The molecule has 1 heterocycles. The summed E-state index contributed by atoms with van der Waals surface area (Å²) in [4.78, 5) is 45.7. The lowest BCUT2D eigenvalue weighted by Crippen LogP contribution is -2.47. The highest BCUT2D eigenvalue weighted by atomic mass is 35.5. The molecule has 2 saturated carbocycles. The molecular formula is C34H38ClF3N2O4. The quantitative estimate of drug-likeness (QED) is 0.279. The lowest BCUT2D eigenvalue weighted by Gasteiger charge is -2.29. The molecule has 0 bridgehead atoms. The Bertz CT molecular complexity index is 1440. The number of Topliss-reactive ketones (excluding diaryl/α,β-unsaturated/α-hetero) is 1. The second kappa shape index (κ2) is 12.7. The molecule has 0 spiro atoms. The molecule has 2 aromatic carbocycles. The van der Waals surface area contributed by atoms with Gasteiger partial charge in [-0.05, 0) is 81.5 Å². The number of hydrogen-bond donors (Lipinski definition) is 1. The zero-order chi connectivity index (χ0) is 31.8. The molecule has 6 nitrogen and oxygen atoms in total. The Kier molecular flexibility index (Phi) is 9.26. The second-order valence-electron chi connectivity index (χ2n) is 13.3. The number of benzene rings is 2. The number of halogens is 4. The molecule has 10 heteroatoms. The van der Waals surface area contributed by atoms with Gasteiger partial charge >= 0.3 is 12.1 Å². The minimum Gasteiger partial charge on any atom is -0.460 e. The zero-order valence-electron chi connectivity index (χ0n) is 25.2. The Balaban J connectivity index is 1.50. The lowest BCUT2D eigenvalue weighted by molar-refractivity contribution is -0.167. The minimum absolute atomic E-state index is 0.0122. The highest BCUT2D eigenvalue weighted by molar-refractivity contribution is 6.30. The molecule has 236 valence electrons. The Labute approximate surface area is 260 Å². The van der Waals surface area contributed by atoms with E-state index in [-0.39, 0.29) is 24.5 Å². The fourth-order valence-corrected chi connectivity index (χ4v) is 6.01. The van der Waals surface area contributed by atoms with Crippen LogP contribution >= 0.6 is 11.6 Å². The number of esters is 1. The predicted molar refractivity (Wildman–Crippen MR) is 162 cm³/mol. The van der Waals surface area contributed by atoms with Crippen molar-refractivity contribution in [1.29, 1.82) is 0 Å². The van der Waals surface area contributed by atoms with Gasteiger partial charge in [-0.15, -0.1) is 0 Å². The average Bonchev–Trinajstić information content (AvgIpc) is 3.84. The third kappa shape index (κ3) is 8.29. The molecule has 0 saturated heterocycles. The van der Waals surface area contributed by atoms with Crippen LogP contribution in [0, 0.1) is 17.8 Å². The SMILES string of the molecule is CC(C)(C)OC(=O)[C@@H](CC1CC1)[C@@H](CCC(F)(F)F)C(=O)N[C@H]1N=C(c2ccc(Cl)cc2)c2cccc(C3CC3)c2CC1=O. The Morgan fingerprint density at radius 1 is 1.02 bits per heavy atom. The van der Waals surface area contributed by atoms with Crippen LogP contribution in [-0.4, -0.2) is 41.3 Å². The van der Waals surface area contributed by atoms with Gasteiger partial charge in [0, 0.05) is 29.0 Å². The standard InChI is InChI=1S/C34H38ClF3N2O4/c1-33(2,3)44-32(43)27(17-19-7-8-19)25(15-16-34(36,37)38)31(42)40-30-28(41)18-26-23(20-9-10-20)5-4-6-24(26)29(39-30)21-11-13-22(35)14-12-21/h4-6,11-14,19-20,25,27,30H,7-10,15-18H2,1-3H3,(H,40,42)/t25-,27+,30-/m1/s1. The number of alkyl halides is 3. The molecule has 2 fully saturated rings. The van der Waals surface area contributed by atoms with Gasteiger partial charge in [0.05, 0.1) is 17.5 Å². The maximum absolute atomic E-state index is 13.9. The number of carbonyl (C=O) groups is 3. The van der Waals surface area contributed by atoms with Crippen molar-refractivity contribution in [1.82, 2.24) is 5.32 Å². The van der Waals surface area contributed by atoms with Gasteiger partial charge in [0.1, 0.15) is 5.60 Å². The molecule has 0 unspecified atom stereocenters. The van der Waals surface area contributed by atoms with Gasteiger partial charge in [-0.25, -0.2) is 0 Å². The van der Waals surface area contributed by atoms with Crippen LogP contribution in [0.3, 0.4) is 0 Å². The molecule has 0 radical (unpaired) electrons. The zero-order valence-corrected chi connectivity index (χ0v) is 25.9. The number of rotatable bonds is 10. The van der Waals surface area contributed by atoms with Crippen molar-refractivity contribution >= 4 is 35.0 Å². The van der Waals surface area contributed by atoms with E-state index in [0.717, 1.165) is 42.4 Å². The van der Waals surface area contributed by atoms with E-state index in [1.54, 1.807) is 45.0 Å². The number of fused-ring (bicyclic) bond motifs is 1. The van der Waals surface area contributed by atoms with E-state index in [9.17, 15) is 27.6 Å². The fourth-order valence-electron chi connectivity index (χ4n) is 5.88. The molecule has 1 aliphatic heterocycles. The molecule has 0 aromatic heterocycles. The summed E-state index contributed by atoms with van der Waals surface area (Å²) in [6.07, 6.45) is -3.75. The van der Waals surface area contributed by atoms with Gasteiger partial charge in [0.25, 0.3) is 0 Å². The van der Waals surface area contributed by atoms with Gasteiger partial charge in [0.2, 0.25) is 5.91 Å². The van der Waals surface area contributed by atoms with E-state index in [1.165, 1.54) is 0 Å². The summed E-state index contributed by atoms with van der Waals surface area (Å²) in [5.74, 6) is -3.83. The first kappa shape index (κ1) is 32.2. The Morgan fingerprint density at radius 2 is 1.70 bits per heavy atom. The number of ketones is 1. The normalized spacial score (nSPS) is 20.2. The number of nitrogens with zero attached hydrogens (tertiary/aromatic N) is 1.